The lowest BCUT2D eigenvalue weighted by Crippen LogP contribution is -2.26. The normalized spacial score (nSPS) is 10.4. The van der Waals surface area contributed by atoms with Crippen molar-refractivity contribution in [2.45, 2.75) is 25.9 Å². The molecule has 2 amide bonds. The molecule has 0 fully saturated rings. The van der Waals surface area contributed by atoms with Crippen LogP contribution in [-0.2, 0) is 25.9 Å². The molecule has 0 bridgehead atoms. The van der Waals surface area contributed by atoms with E-state index < -0.39 is 0 Å². The molecule has 318 valence electrons. The second-order valence-corrected chi connectivity index (χ2v) is 12.9. The number of aliphatic imine (C=N–C) groups is 1. The summed E-state index contributed by atoms with van der Waals surface area (Å²) in [4.78, 5) is 45.6. The van der Waals surface area contributed by atoms with Gasteiger partial charge in [0.25, 0.3) is 11.8 Å². The molecule has 0 aliphatic carbocycles. The summed E-state index contributed by atoms with van der Waals surface area (Å²) >= 11 is 4.24. The van der Waals surface area contributed by atoms with Crippen LogP contribution in [0.25, 0.3) is 0 Å². The van der Waals surface area contributed by atoms with E-state index in [1.54, 1.807) is 67.4 Å². The number of rotatable bonds is 16. The Morgan fingerprint density at radius 3 is 1.55 bits per heavy atom. The van der Waals surface area contributed by atoms with Crippen molar-refractivity contribution < 1.29 is 18.4 Å². The highest BCUT2D eigenvalue weighted by Gasteiger charge is 2.16. The fourth-order valence-corrected chi connectivity index (χ4v) is 5.55. The van der Waals surface area contributed by atoms with Crippen molar-refractivity contribution in [2.75, 3.05) is 23.7 Å². The van der Waals surface area contributed by atoms with Gasteiger partial charge in [0.1, 0.15) is 40.5 Å². The summed E-state index contributed by atoms with van der Waals surface area (Å²) in [5.74, 6) is -0.912. The predicted octanol–water partition coefficient (Wildman–Crippen LogP) is 6.64. The van der Waals surface area contributed by atoms with E-state index in [9.17, 15) is 18.4 Å². The van der Waals surface area contributed by atoms with Crippen LogP contribution in [0.2, 0.25) is 0 Å². The summed E-state index contributed by atoms with van der Waals surface area (Å²) in [5, 5.41) is 28.1. The lowest BCUT2D eigenvalue weighted by Gasteiger charge is -2.13. The maximum Gasteiger partial charge on any atom is 0.255 e. The van der Waals surface area contributed by atoms with E-state index in [0.717, 1.165) is 22.3 Å². The van der Waals surface area contributed by atoms with Crippen LogP contribution in [0.4, 0.5) is 20.4 Å². The van der Waals surface area contributed by atoms with E-state index in [2.05, 4.69) is 83.4 Å². The molecule has 19 heteroatoms. The molecule has 62 heavy (non-hydrogen) atoms. The largest absolute Gasteiger partial charge is 0.382 e. The Labute approximate surface area is 380 Å². The predicted molar refractivity (Wildman–Crippen MR) is 252 cm³/mol. The van der Waals surface area contributed by atoms with Gasteiger partial charge in [-0.2, -0.15) is 10.3 Å². The first-order valence-electron chi connectivity index (χ1n) is 18.6. The maximum atomic E-state index is 13.4. The van der Waals surface area contributed by atoms with Gasteiger partial charge < -0.3 is 32.7 Å². The van der Waals surface area contributed by atoms with E-state index in [-0.39, 0.29) is 52.3 Å². The van der Waals surface area contributed by atoms with Crippen LogP contribution in [0.3, 0.4) is 0 Å². The Bertz CT molecular complexity index is 2490. The van der Waals surface area contributed by atoms with Gasteiger partial charge in [0.05, 0.1) is 11.1 Å². The summed E-state index contributed by atoms with van der Waals surface area (Å²) in [6.45, 7) is 1.46. The third kappa shape index (κ3) is 15.7. The number of carbonyl (C=O) groups excluding carboxylic acids is 2. The number of halogens is 4. The zero-order valence-electron chi connectivity index (χ0n) is 33.0. The van der Waals surface area contributed by atoms with E-state index in [4.69, 9.17) is 22.1 Å². The SMILES string of the molecule is II.N#CN=C(N)c1ccc(C(=O)NCc2cccnc2)c(NCCc2cccc(F)c2)n1.N=C(N)c1ccc(C(=O)NCc2cccnc2)c(NCCc2cccc(F)c2)n1. The number of nitrogens with two attached hydrogens (primary N) is 2. The number of anilines is 2. The van der Waals surface area contributed by atoms with Gasteiger partial charge in [0.2, 0.25) is 6.19 Å². The smallest absolute Gasteiger partial charge is 0.255 e. The average molecular weight is 1060 g/mol. The minimum absolute atomic E-state index is 0.0574. The van der Waals surface area contributed by atoms with Crippen molar-refractivity contribution in [3.05, 3.63) is 178 Å². The summed E-state index contributed by atoms with van der Waals surface area (Å²) < 4.78 is 26.7. The molecule has 0 radical (unpaired) electrons. The van der Waals surface area contributed by atoms with Gasteiger partial charge in [0.15, 0.2) is 5.84 Å². The number of hydrogen-bond donors (Lipinski definition) is 7. The molecule has 6 rings (SSSR count). The fraction of sp³-hybridized carbons (Fsp3) is 0.140. The zero-order chi connectivity index (χ0) is 44.7. The third-order valence-corrected chi connectivity index (χ3v) is 8.53. The first kappa shape index (κ1) is 48.0. The molecule has 0 aliphatic heterocycles. The number of hydrogen-bond acceptors (Lipinski definition) is 11. The maximum absolute atomic E-state index is 13.4. The molecule has 9 N–H and O–H groups in total. The van der Waals surface area contributed by atoms with Crippen LogP contribution >= 0.6 is 37.2 Å². The van der Waals surface area contributed by atoms with E-state index in [1.165, 1.54) is 36.4 Å². The first-order valence-corrected chi connectivity index (χ1v) is 24.9. The number of benzene rings is 2. The van der Waals surface area contributed by atoms with Crippen LogP contribution in [0.5, 0.6) is 0 Å². The Hall–Kier alpha value is -6.67. The molecule has 4 heterocycles. The second-order valence-electron chi connectivity index (χ2n) is 12.9. The van der Waals surface area contributed by atoms with Crippen LogP contribution in [0, 0.1) is 28.5 Å². The Morgan fingerprint density at radius 1 is 0.677 bits per heavy atom. The standard InChI is InChI=1S/C22H20FN7O.C21H21FN6O.I2/c23-17-5-1-3-15(11-17)8-10-27-21-18(6-7-19(30-21)20(25)29-14-24)22(31)28-13-16-4-2-9-26-12-16;22-16-5-1-3-14(11-16)8-10-26-20-17(6-7-18(28-20)19(23)24)21(29)27-13-15-4-2-9-25-12-15;1-2/h1-7,9,11-12H,8,10,13H2,(H2,25,29)(H,27,30)(H,28,31);1-7,9,11-12H,8,10,13H2,(H3,23,24)(H,26,28)(H,27,29);. The van der Waals surface area contributed by atoms with Crippen LogP contribution in [0.15, 0.2) is 127 Å². The lowest BCUT2D eigenvalue weighted by molar-refractivity contribution is 0.0943. The molecule has 0 atom stereocenters. The highest BCUT2D eigenvalue weighted by atomic mass is 128. The van der Waals surface area contributed by atoms with Gasteiger partial charge >= 0.3 is 0 Å². The number of amides is 2. The van der Waals surface area contributed by atoms with E-state index >= 15 is 0 Å². The minimum atomic E-state index is -0.341. The highest BCUT2D eigenvalue weighted by molar-refractivity contribution is 15.0. The number of nitrogens with zero attached hydrogens (tertiary/aromatic N) is 6. The highest BCUT2D eigenvalue weighted by Crippen LogP contribution is 2.17. The van der Waals surface area contributed by atoms with Crippen molar-refractivity contribution in [1.29, 1.82) is 10.7 Å². The lowest BCUT2D eigenvalue weighted by atomic mass is 10.1. The molecule has 6 aromatic rings. The molecule has 2 aromatic carbocycles. The second kappa shape index (κ2) is 25.8. The molecule has 0 aliphatic rings. The van der Waals surface area contributed by atoms with Crippen molar-refractivity contribution in [1.82, 2.24) is 30.6 Å². The van der Waals surface area contributed by atoms with Crippen LogP contribution in [-0.4, -0.2) is 56.5 Å². The Balaban J connectivity index is 0.000000263. The minimum Gasteiger partial charge on any atom is -0.382 e. The molecular formula is C43H41F2I2N13O2. The van der Waals surface area contributed by atoms with Crippen molar-refractivity contribution in [3.8, 4) is 6.19 Å². The van der Waals surface area contributed by atoms with E-state index in [0.29, 0.717) is 56.0 Å². The van der Waals surface area contributed by atoms with Crippen molar-refractivity contribution in [2.24, 2.45) is 16.5 Å². The Kier molecular flexibility index (Phi) is 20.0. The van der Waals surface area contributed by atoms with Gasteiger partial charge in [-0.1, -0.05) is 36.4 Å². The van der Waals surface area contributed by atoms with E-state index in [1.807, 2.05) is 24.3 Å². The summed E-state index contributed by atoms with van der Waals surface area (Å²) in [6.07, 6.45) is 9.33. The summed E-state index contributed by atoms with van der Waals surface area (Å²) in [5.41, 5.74) is 15.8. The van der Waals surface area contributed by atoms with Crippen molar-refractivity contribution in [3.63, 3.8) is 0 Å². The Morgan fingerprint density at radius 2 is 1.13 bits per heavy atom. The van der Waals surface area contributed by atoms with Crippen molar-refractivity contribution >= 4 is 72.4 Å². The van der Waals surface area contributed by atoms with Gasteiger partial charge in [-0.05, 0) is 95.8 Å². The molecule has 4 aromatic heterocycles. The first-order chi connectivity index (χ1) is 30.1. The topological polar surface area (TPSA) is 246 Å². The number of aromatic nitrogens is 4. The monoisotopic (exact) mass is 1060 g/mol. The molecule has 15 nitrogen and oxygen atoms in total. The number of pyridine rings is 4. The van der Waals surface area contributed by atoms with Crippen LogP contribution < -0.4 is 32.7 Å². The van der Waals surface area contributed by atoms with Gasteiger partial charge in [-0.25, -0.2) is 18.7 Å². The molecule has 0 saturated heterocycles. The number of nitrogens with one attached hydrogen (secondary N) is 5. The molecule has 0 unspecified atom stereocenters. The molecular weight excluding hydrogens is 1020 g/mol. The quantitative estimate of drug-likeness (QED) is 0.0234. The van der Waals surface area contributed by atoms with Crippen LogP contribution in [0.1, 0.15) is 54.4 Å². The van der Waals surface area contributed by atoms with Gasteiger partial charge in [-0.3, -0.25) is 25.0 Å². The third-order valence-electron chi connectivity index (χ3n) is 8.53. The number of nitrogen functional groups attached to an aromatic ring is 1. The molecule has 0 spiro atoms. The van der Waals surface area contributed by atoms with Gasteiger partial charge in [0, 0.05) is 88.2 Å². The molecule has 0 saturated carbocycles. The average Bonchev–Trinajstić information content (AvgIpc) is 3.29. The number of amidine groups is 2. The number of nitriles is 1. The summed E-state index contributed by atoms with van der Waals surface area (Å²) in [6, 6.07) is 26.1. The number of carbonyl (C=O) groups is 2. The van der Waals surface area contributed by atoms with Gasteiger partial charge in [-0.15, -0.1) is 0 Å². The summed E-state index contributed by atoms with van der Waals surface area (Å²) in [7, 11) is 0. The fourth-order valence-electron chi connectivity index (χ4n) is 5.55. The zero-order valence-corrected chi connectivity index (χ0v) is 37.3.